The lowest BCUT2D eigenvalue weighted by atomic mass is 10.2. The van der Waals surface area contributed by atoms with Gasteiger partial charge in [-0.1, -0.05) is 0 Å². The molecule has 0 aliphatic rings. The van der Waals surface area contributed by atoms with Crippen LogP contribution in [0.3, 0.4) is 0 Å². The number of methoxy groups -OCH3 is 1. The highest BCUT2D eigenvalue weighted by Crippen LogP contribution is 2.06. The van der Waals surface area contributed by atoms with Crippen molar-refractivity contribution in [2.24, 2.45) is 5.10 Å². The Morgan fingerprint density at radius 1 is 1.64 bits per heavy atom. The predicted octanol–water partition coefficient (Wildman–Crippen LogP) is 0.0734. The largest absolute Gasteiger partial charge is 0.380 e. The molecule has 1 N–H and O–H groups in total. The summed E-state index contributed by atoms with van der Waals surface area (Å²) in [5, 5.41) is 7.92. The number of hydrogen-bond acceptors (Lipinski definition) is 4. The monoisotopic (exact) mass is 201 g/mol. The molecule has 82 valence electrons. The number of ether oxygens (including phenoxy) is 1. The minimum Gasteiger partial charge on any atom is -0.380 e. The lowest BCUT2D eigenvalue weighted by Gasteiger charge is -2.28. The van der Waals surface area contributed by atoms with Gasteiger partial charge in [0, 0.05) is 20.9 Å². The number of nitrogens with one attached hydrogen (secondary N) is 1. The molecule has 5 heteroatoms. The Labute approximate surface area is 85.1 Å². The number of nitrogens with zero attached hydrogens (tertiary/aromatic N) is 2. The Morgan fingerprint density at radius 3 is 2.57 bits per heavy atom. The number of carbonyl (C=O) groups is 1. The van der Waals surface area contributed by atoms with Gasteiger partial charge < -0.3 is 10.1 Å². The zero-order chi connectivity index (χ0) is 11.1. The maximum Gasteiger partial charge on any atom is 0.241 e. The second-order valence-electron chi connectivity index (χ2n) is 3.09. The van der Waals surface area contributed by atoms with Crippen molar-refractivity contribution in [3.05, 3.63) is 0 Å². The van der Waals surface area contributed by atoms with Gasteiger partial charge in [0.2, 0.25) is 5.91 Å². The molecule has 0 saturated heterocycles. The van der Waals surface area contributed by atoms with Crippen molar-refractivity contribution >= 4 is 12.6 Å². The molecule has 0 rings (SSSR count). The molecule has 0 aliphatic carbocycles. The van der Waals surface area contributed by atoms with Crippen molar-refractivity contribution in [3.8, 4) is 0 Å². The van der Waals surface area contributed by atoms with Gasteiger partial charge in [-0.2, -0.15) is 5.10 Å². The second kappa shape index (κ2) is 6.37. The predicted molar refractivity (Wildman–Crippen MR) is 56.3 cm³/mol. The standard InChI is InChI=1S/C9H19N3O2/c1-7(8(2)14-5)12(11-4)6-9(13)10-3/h7-8H,4,6H2,1-3,5H3,(H,10,13)/t7?,8-/m0/s1. The molecular weight excluding hydrogens is 182 g/mol. The van der Waals surface area contributed by atoms with Gasteiger partial charge in [0.05, 0.1) is 12.1 Å². The van der Waals surface area contributed by atoms with Crippen LogP contribution in [0.25, 0.3) is 0 Å². The minimum atomic E-state index is -0.0902. The summed E-state index contributed by atoms with van der Waals surface area (Å²) in [7, 11) is 3.22. The van der Waals surface area contributed by atoms with Crippen molar-refractivity contribution in [1.29, 1.82) is 0 Å². The van der Waals surface area contributed by atoms with Gasteiger partial charge >= 0.3 is 0 Å². The first-order valence-electron chi connectivity index (χ1n) is 4.53. The first-order valence-corrected chi connectivity index (χ1v) is 4.53. The average molecular weight is 201 g/mol. The van der Waals surface area contributed by atoms with Gasteiger partial charge in [-0.15, -0.1) is 0 Å². The fourth-order valence-corrected chi connectivity index (χ4v) is 0.988. The lowest BCUT2D eigenvalue weighted by Crippen LogP contribution is -2.42. The Kier molecular flexibility index (Phi) is 5.87. The van der Waals surface area contributed by atoms with Crippen molar-refractivity contribution in [3.63, 3.8) is 0 Å². The maximum absolute atomic E-state index is 11.1. The Morgan fingerprint density at radius 2 is 2.21 bits per heavy atom. The summed E-state index contributed by atoms with van der Waals surface area (Å²) in [5.41, 5.74) is 0. The van der Waals surface area contributed by atoms with Crippen LogP contribution in [0.2, 0.25) is 0 Å². The molecule has 0 aromatic heterocycles. The molecule has 1 unspecified atom stereocenters. The maximum atomic E-state index is 11.1. The first kappa shape index (κ1) is 12.9. The van der Waals surface area contributed by atoms with Gasteiger partial charge in [-0.05, 0) is 13.8 Å². The van der Waals surface area contributed by atoms with Crippen molar-refractivity contribution in [1.82, 2.24) is 10.3 Å². The van der Waals surface area contributed by atoms with E-state index in [2.05, 4.69) is 17.1 Å². The van der Waals surface area contributed by atoms with E-state index in [-0.39, 0.29) is 24.6 Å². The molecule has 0 spiro atoms. The lowest BCUT2D eigenvalue weighted by molar-refractivity contribution is -0.122. The molecule has 0 fully saturated rings. The zero-order valence-corrected chi connectivity index (χ0v) is 9.28. The fraction of sp³-hybridized carbons (Fsp3) is 0.778. The molecule has 0 heterocycles. The summed E-state index contributed by atoms with van der Waals surface area (Å²) >= 11 is 0. The highest BCUT2D eigenvalue weighted by atomic mass is 16.5. The van der Waals surface area contributed by atoms with E-state index >= 15 is 0 Å². The zero-order valence-electron chi connectivity index (χ0n) is 9.28. The van der Waals surface area contributed by atoms with Gasteiger partial charge in [0.1, 0.15) is 6.54 Å². The number of carbonyl (C=O) groups excluding carboxylic acids is 1. The van der Waals surface area contributed by atoms with E-state index in [4.69, 9.17) is 4.74 Å². The third-order valence-corrected chi connectivity index (χ3v) is 2.29. The smallest absolute Gasteiger partial charge is 0.241 e. The molecule has 0 saturated carbocycles. The van der Waals surface area contributed by atoms with Crippen LogP contribution in [-0.4, -0.2) is 50.5 Å². The SMILES string of the molecule is C=NN(CC(=O)NC)C(C)[C@H](C)OC. The van der Waals surface area contributed by atoms with E-state index in [9.17, 15) is 4.79 Å². The summed E-state index contributed by atoms with van der Waals surface area (Å²) in [6, 6.07) is 0.0230. The van der Waals surface area contributed by atoms with Crippen LogP contribution in [0.15, 0.2) is 5.10 Å². The van der Waals surface area contributed by atoms with Gasteiger partial charge in [-0.25, -0.2) is 0 Å². The molecule has 0 aliphatic heterocycles. The fourth-order valence-electron chi connectivity index (χ4n) is 0.988. The summed E-state index contributed by atoms with van der Waals surface area (Å²) in [6.45, 7) is 7.49. The first-order chi connectivity index (χ1) is 6.56. The van der Waals surface area contributed by atoms with Crippen LogP contribution < -0.4 is 5.32 Å². The summed E-state index contributed by atoms with van der Waals surface area (Å²) in [6.07, 6.45) is 0.00477. The normalized spacial score (nSPS) is 14.3. The van der Waals surface area contributed by atoms with E-state index < -0.39 is 0 Å². The van der Waals surface area contributed by atoms with E-state index in [0.717, 1.165) is 0 Å². The molecule has 0 radical (unpaired) electrons. The number of hydrogen-bond donors (Lipinski definition) is 1. The summed E-state index contributed by atoms with van der Waals surface area (Å²) in [5.74, 6) is -0.0902. The topological polar surface area (TPSA) is 53.9 Å². The van der Waals surface area contributed by atoms with Gasteiger partial charge in [-0.3, -0.25) is 9.80 Å². The van der Waals surface area contributed by atoms with Crippen molar-refractivity contribution in [2.45, 2.75) is 26.0 Å². The number of rotatable bonds is 6. The molecule has 5 nitrogen and oxygen atoms in total. The molecule has 14 heavy (non-hydrogen) atoms. The quantitative estimate of drug-likeness (QED) is 0.489. The van der Waals surface area contributed by atoms with Crippen LogP contribution in [0, 0.1) is 0 Å². The third kappa shape index (κ3) is 3.74. The molecule has 0 aromatic carbocycles. The Hall–Kier alpha value is -1.10. The number of likely N-dealkylation sites (N-methyl/N-ethyl adjacent to an activating group) is 1. The van der Waals surface area contributed by atoms with Crippen LogP contribution >= 0.6 is 0 Å². The van der Waals surface area contributed by atoms with Gasteiger partial charge in [0.15, 0.2) is 0 Å². The second-order valence-corrected chi connectivity index (χ2v) is 3.09. The van der Waals surface area contributed by atoms with Crippen LogP contribution in [0.4, 0.5) is 0 Å². The highest BCUT2D eigenvalue weighted by molar-refractivity contribution is 5.77. The average Bonchev–Trinajstić information content (AvgIpc) is 2.23. The summed E-state index contributed by atoms with van der Waals surface area (Å²) in [4.78, 5) is 11.1. The van der Waals surface area contributed by atoms with Crippen molar-refractivity contribution in [2.75, 3.05) is 20.7 Å². The minimum absolute atomic E-state index is 0.00477. The highest BCUT2D eigenvalue weighted by Gasteiger charge is 2.19. The van der Waals surface area contributed by atoms with E-state index in [1.807, 2.05) is 13.8 Å². The van der Waals surface area contributed by atoms with Crippen molar-refractivity contribution < 1.29 is 9.53 Å². The molecule has 1 amide bonds. The van der Waals surface area contributed by atoms with E-state index in [0.29, 0.717) is 0 Å². The molecule has 2 atom stereocenters. The van der Waals surface area contributed by atoms with Crippen LogP contribution in [-0.2, 0) is 9.53 Å². The Balaban J connectivity index is 4.25. The van der Waals surface area contributed by atoms with Crippen LogP contribution in [0.1, 0.15) is 13.8 Å². The van der Waals surface area contributed by atoms with E-state index in [1.165, 1.54) is 0 Å². The van der Waals surface area contributed by atoms with Gasteiger partial charge in [0.25, 0.3) is 0 Å². The third-order valence-electron chi connectivity index (χ3n) is 2.29. The summed E-state index contributed by atoms with van der Waals surface area (Å²) < 4.78 is 5.15. The molecule has 0 bridgehead atoms. The van der Waals surface area contributed by atoms with E-state index in [1.54, 1.807) is 19.2 Å². The Bertz CT molecular complexity index is 196. The molecule has 0 aromatic rings. The van der Waals surface area contributed by atoms with Crippen LogP contribution in [0.5, 0.6) is 0 Å². The molecular formula is C9H19N3O2. The number of amides is 1. The number of hydrazone groups is 1.